The summed E-state index contributed by atoms with van der Waals surface area (Å²) in [5, 5.41) is 0. The van der Waals surface area contributed by atoms with E-state index >= 15 is 0 Å². The molecule has 0 heterocycles. The van der Waals surface area contributed by atoms with Gasteiger partial charge in [0.25, 0.3) is 5.91 Å². The number of rotatable bonds is 4. The highest BCUT2D eigenvalue weighted by Gasteiger charge is 2.32. The van der Waals surface area contributed by atoms with E-state index in [1.165, 1.54) is 69.8 Å². The smallest absolute Gasteiger partial charge is 0.254 e. The third kappa shape index (κ3) is 4.02. The van der Waals surface area contributed by atoms with Gasteiger partial charge in [-0.15, -0.1) is 0 Å². The first-order valence-corrected chi connectivity index (χ1v) is 10.1. The topological polar surface area (TPSA) is 20.3 Å². The Balaban J connectivity index is 1.81. The largest absolute Gasteiger partial charge is 0.333 e. The molecule has 2 heteroatoms. The van der Waals surface area contributed by atoms with Gasteiger partial charge in [0, 0.05) is 17.6 Å². The molecule has 2 saturated carbocycles. The van der Waals surface area contributed by atoms with Crippen molar-refractivity contribution in [3.8, 4) is 0 Å². The Kier molecular flexibility index (Phi) is 5.97. The maximum atomic E-state index is 13.4. The summed E-state index contributed by atoms with van der Waals surface area (Å²) < 4.78 is 0. The lowest BCUT2D eigenvalue weighted by Gasteiger charge is -2.42. The number of carbonyl (C=O) groups is 1. The SMILES string of the molecule is CC(C)c1ccc(C(=O)N(C2CCCCC2)C2CCCCC2)cc1. The Hall–Kier alpha value is -1.31. The van der Waals surface area contributed by atoms with Gasteiger partial charge in [-0.2, -0.15) is 0 Å². The van der Waals surface area contributed by atoms with Gasteiger partial charge in [-0.3, -0.25) is 4.79 Å². The van der Waals surface area contributed by atoms with E-state index in [0.29, 0.717) is 18.0 Å². The predicted octanol–water partition coefficient (Wildman–Crippen LogP) is 5.92. The van der Waals surface area contributed by atoms with Crippen molar-refractivity contribution >= 4 is 5.91 Å². The molecule has 2 fully saturated rings. The third-order valence-corrected chi connectivity index (χ3v) is 5.99. The summed E-state index contributed by atoms with van der Waals surface area (Å²) in [5.74, 6) is 0.797. The molecule has 0 saturated heterocycles. The van der Waals surface area contributed by atoms with Crippen LogP contribution in [0.2, 0.25) is 0 Å². The molecular weight excluding hydrogens is 294 g/mol. The van der Waals surface area contributed by atoms with E-state index in [0.717, 1.165) is 5.56 Å². The Morgan fingerprint density at radius 2 is 1.29 bits per heavy atom. The number of carbonyl (C=O) groups excluding carboxylic acids is 1. The van der Waals surface area contributed by atoms with Gasteiger partial charge in [0.2, 0.25) is 0 Å². The first kappa shape index (κ1) is 17.5. The van der Waals surface area contributed by atoms with Crippen molar-refractivity contribution in [3.63, 3.8) is 0 Å². The average Bonchev–Trinajstić information content (AvgIpc) is 2.64. The molecule has 2 nitrogen and oxygen atoms in total. The number of hydrogen-bond acceptors (Lipinski definition) is 1. The quantitative estimate of drug-likeness (QED) is 0.672. The van der Waals surface area contributed by atoms with Gasteiger partial charge in [-0.1, -0.05) is 64.5 Å². The van der Waals surface area contributed by atoms with Crippen LogP contribution in [0.4, 0.5) is 0 Å². The summed E-state index contributed by atoms with van der Waals surface area (Å²) >= 11 is 0. The van der Waals surface area contributed by atoms with E-state index in [-0.39, 0.29) is 5.91 Å². The van der Waals surface area contributed by atoms with Crippen LogP contribution < -0.4 is 0 Å². The highest BCUT2D eigenvalue weighted by Crippen LogP contribution is 2.31. The second kappa shape index (κ2) is 8.18. The fourth-order valence-electron chi connectivity index (χ4n) is 4.51. The molecule has 0 unspecified atom stereocenters. The lowest BCUT2D eigenvalue weighted by Crippen LogP contribution is -2.48. The molecule has 132 valence electrons. The van der Waals surface area contributed by atoms with Gasteiger partial charge in [-0.05, 0) is 49.3 Å². The molecule has 0 atom stereocenters. The van der Waals surface area contributed by atoms with Crippen LogP contribution in [0.5, 0.6) is 0 Å². The summed E-state index contributed by atoms with van der Waals surface area (Å²) in [6, 6.07) is 9.32. The van der Waals surface area contributed by atoms with Crippen LogP contribution in [-0.4, -0.2) is 22.9 Å². The molecule has 1 amide bonds. The number of nitrogens with zero attached hydrogens (tertiary/aromatic N) is 1. The zero-order chi connectivity index (χ0) is 16.9. The fourth-order valence-corrected chi connectivity index (χ4v) is 4.51. The molecule has 0 N–H and O–H groups in total. The number of amides is 1. The highest BCUT2D eigenvalue weighted by molar-refractivity contribution is 5.94. The zero-order valence-corrected chi connectivity index (χ0v) is 15.5. The first-order chi connectivity index (χ1) is 11.7. The van der Waals surface area contributed by atoms with Crippen LogP contribution in [0.3, 0.4) is 0 Å². The molecule has 24 heavy (non-hydrogen) atoms. The van der Waals surface area contributed by atoms with Gasteiger partial charge in [0.05, 0.1) is 0 Å². The molecule has 0 aliphatic heterocycles. The molecule has 2 aliphatic carbocycles. The molecule has 0 aromatic heterocycles. The van der Waals surface area contributed by atoms with Crippen molar-refractivity contribution in [2.45, 2.75) is 96.1 Å². The number of benzene rings is 1. The van der Waals surface area contributed by atoms with Gasteiger partial charge >= 0.3 is 0 Å². The van der Waals surface area contributed by atoms with Gasteiger partial charge in [-0.25, -0.2) is 0 Å². The molecule has 0 spiro atoms. The molecule has 1 aromatic carbocycles. The van der Waals surface area contributed by atoms with Gasteiger partial charge < -0.3 is 4.90 Å². The molecule has 0 bridgehead atoms. The second-order valence-corrected chi connectivity index (χ2v) is 8.07. The standard InChI is InChI=1S/C22H33NO/c1-17(2)18-13-15-19(16-14-18)22(24)23(20-9-5-3-6-10-20)21-11-7-4-8-12-21/h13-17,20-21H,3-12H2,1-2H3. The van der Waals surface area contributed by atoms with E-state index in [1.807, 2.05) is 0 Å². The summed E-state index contributed by atoms with van der Waals surface area (Å²) in [7, 11) is 0. The van der Waals surface area contributed by atoms with E-state index in [9.17, 15) is 4.79 Å². The van der Waals surface area contributed by atoms with Crippen LogP contribution >= 0.6 is 0 Å². The van der Waals surface area contributed by atoms with Gasteiger partial charge in [0.15, 0.2) is 0 Å². The van der Waals surface area contributed by atoms with Crippen molar-refractivity contribution in [1.82, 2.24) is 4.90 Å². The maximum absolute atomic E-state index is 13.4. The Morgan fingerprint density at radius 1 is 0.833 bits per heavy atom. The molecule has 0 radical (unpaired) electrons. The van der Waals surface area contributed by atoms with Crippen molar-refractivity contribution in [2.75, 3.05) is 0 Å². The monoisotopic (exact) mass is 327 g/mol. The van der Waals surface area contributed by atoms with Crippen LogP contribution in [0.15, 0.2) is 24.3 Å². The van der Waals surface area contributed by atoms with Crippen LogP contribution in [0.1, 0.15) is 99.9 Å². The fraction of sp³-hybridized carbons (Fsp3) is 0.682. The highest BCUT2D eigenvalue weighted by atomic mass is 16.2. The van der Waals surface area contributed by atoms with E-state index < -0.39 is 0 Å². The second-order valence-electron chi connectivity index (χ2n) is 8.07. The normalized spacial score (nSPS) is 20.3. The number of hydrogen-bond donors (Lipinski definition) is 0. The molecule has 2 aliphatic rings. The minimum Gasteiger partial charge on any atom is -0.333 e. The summed E-state index contributed by atoms with van der Waals surface area (Å²) in [5.41, 5.74) is 2.20. The maximum Gasteiger partial charge on any atom is 0.254 e. The van der Waals surface area contributed by atoms with E-state index in [1.54, 1.807) is 0 Å². The molecular formula is C22H33NO. The zero-order valence-electron chi connectivity index (χ0n) is 15.5. The van der Waals surface area contributed by atoms with Crippen molar-refractivity contribution in [1.29, 1.82) is 0 Å². The molecule has 3 rings (SSSR count). The summed E-state index contributed by atoms with van der Waals surface area (Å²) in [6.45, 7) is 4.40. The van der Waals surface area contributed by atoms with E-state index in [4.69, 9.17) is 0 Å². The van der Waals surface area contributed by atoms with Crippen molar-refractivity contribution in [2.24, 2.45) is 0 Å². The first-order valence-electron chi connectivity index (χ1n) is 10.1. The minimum absolute atomic E-state index is 0.282. The van der Waals surface area contributed by atoms with Crippen LogP contribution in [0, 0.1) is 0 Å². The molecule has 1 aromatic rings. The van der Waals surface area contributed by atoms with E-state index in [2.05, 4.69) is 43.0 Å². The Labute approximate surface area is 147 Å². The van der Waals surface area contributed by atoms with Gasteiger partial charge in [0.1, 0.15) is 0 Å². The van der Waals surface area contributed by atoms with Crippen LogP contribution in [-0.2, 0) is 0 Å². The minimum atomic E-state index is 0.282. The lowest BCUT2D eigenvalue weighted by atomic mass is 9.88. The predicted molar refractivity (Wildman–Crippen MR) is 100 cm³/mol. The third-order valence-electron chi connectivity index (χ3n) is 5.99. The average molecular weight is 328 g/mol. The van der Waals surface area contributed by atoms with Crippen molar-refractivity contribution in [3.05, 3.63) is 35.4 Å². The van der Waals surface area contributed by atoms with Crippen molar-refractivity contribution < 1.29 is 4.79 Å². The lowest BCUT2D eigenvalue weighted by molar-refractivity contribution is 0.0448. The summed E-state index contributed by atoms with van der Waals surface area (Å²) in [4.78, 5) is 15.7. The summed E-state index contributed by atoms with van der Waals surface area (Å²) in [6.07, 6.45) is 12.6. The Bertz CT molecular complexity index is 503. The Morgan fingerprint density at radius 3 is 1.71 bits per heavy atom. The van der Waals surface area contributed by atoms with Crippen LogP contribution in [0.25, 0.3) is 0 Å².